The highest BCUT2D eigenvalue weighted by Gasteiger charge is 2.26. The van der Waals surface area contributed by atoms with Crippen LogP contribution in [0.2, 0.25) is 0 Å². The quantitative estimate of drug-likeness (QED) is 0.862. The van der Waals surface area contributed by atoms with E-state index in [0.717, 1.165) is 49.9 Å². The maximum Gasteiger partial charge on any atom is 0.226 e. The summed E-state index contributed by atoms with van der Waals surface area (Å²) in [5.74, 6) is 2.97. The highest BCUT2D eigenvalue weighted by atomic mass is 16.5. The first-order chi connectivity index (χ1) is 10.7. The van der Waals surface area contributed by atoms with Crippen molar-refractivity contribution < 1.29 is 9.26 Å². The van der Waals surface area contributed by atoms with Crippen LogP contribution < -0.4 is 0 Å². The molecule has 1 aliphatic heterocycles. The predicted molar refractivity (Wildman–Crippen MR) is 78.0 cm³/mol. The summed E-state index contributed by atoms with van der Waals surface area (Å²) in [7, 11) is 0. The summed E-state index contributed by atoms with van der Waals surface area (Å²) >= 11 is 0. The molecule has 0 aromatic carbocycles. The molecule has 0 unspecified atom stereocenters. The van der Waals surface area contributed by atoms with Crippen molar-refractivity contribution in [3.63, 3.8) is 0 Å². The molecular formula is C14H22N6O2. The number of ether oxygens (including phenoxy) is 1. The molecule has 8 heteroatoms. The molecule has 0 aliphatic carbocycles. The van der Waals surface area contributed by atoms with Crippen LogP contribution in [0.15, 0.2) is 4.52 Å². The summed E-state index contributed by atoms with van der Waals surface area (Å²) in [4.78, 5) is 11.0. The normalized spacial score (nSPS) is 19.6. The Hall–Kier alpha value is -1.80. The van der Waals surface area contributed by atoms with Crippen LogP contribution in [0, 0.1) is 6.92 Å². The van der Waals surface area contributed by atoms with Crippen LogP contribution in [0.1, 0.15) is 49.2 Å². The van der Waals surface area contributed by atoms with Crippen LogP contribution in [0.5, 0.6) is 0 Å². The van der Waals surface area contributed by atoms with E-state index in [9.17, 15) is 0 Å². The smallest absolute Gasteiger partial charge is 0.226 e. The summed E-state index contributed by atoms with van der Waals surface area (Å²) in [5, 5.41) is 11.1. The monoisotopic (exact) mass is 306 g/mol. The van der Waals surface area contributed by atoms with Gasteiger partial charge in [0.15, 0.2) is 11.6 Å². The van der Waals surface area contributed by atoms with Crippen LogP contribution >= 0.6 is 0 Å². The molecule has 2 aromatic rings. The molecule has 8 nitrogen and oxygen atoms in total. The SMILES string of the molecule is CCCCc1nc(CN2CCO[C@@H](c3n[nH]c(C)n3)C2)no1. The van der Waals surface area contributed by atoms with Crippen LogP contribution in [-0.4, -0.2) is 49.9 Å². The zero-order valence-electron chi connectivity index (χ0n) is 13.1. The maximum atomic E-state index is 5.75. The van der Waals surface area contributed by atoms with E-state index in [-0.39, 0.29) is 6.10 Å². The van der Waals surface area contributed by atoms with Gasteiger partial charge in [-0.3, -0.25) is 10.00 Å². The molecule has 1 aliphatic rings. The van der Waals surface area contributed by atoms with Crippen molar-refractivity contribution in [3.05, 3.63) is 23.4 Å². The van der Waals surface area contributed by atoms with Gasteiger partial charge in [-0.25, -0.2) is 4.98 Å². The molecule has 2 aromatic heterocycles. The average Bonchev–Trinajstić information content (AvgIpc) is 3.15. The molecule has 1 atom stereocenters. The fourth-order valence-electron chi connectivity index (χ4n) is 2.49. The molecule has 1 saturated heterocycles. The van der Waals surface area contributed by atoms with Crippen molar-refractivity contribution in [2.45, 2.75) is 45.8 Å². The average molecular weight is 306 g/mol. The minimum Gasteiger partial charge on any atom is -0.367 e. The second-order valence-electron chi connectivity index (χ2n) is 5.58. The van der Waals surface area contributed by atoms with Crippen LogP contribution in [0.25, 0.3) is 0 Å². The lowest BCUT2D eigenvalue weighted by atomic mass is 10.2. The van der Waals surface area contributed by atoms with Crippen LogP contribution in [-0.2, 0) is 17.7 Å². The number of nitrogens with one attached hydrogen (secondary N) is 1. The number of morpholine rings is 1. The molecule has 0 radical (unpaired) electrons. The molecule has 22 heavy (non-hydrogen) atoms. The molecule has 0 amide bonds. The van der Waals surface area contributed by atoms with E-state index in [1.165, 1.54) is 0 Å². The van der Waals surface area contributed by atoms with Crippen molar-refractivity contribution in [1.82, 2.24) is 30.2 Å². The predicted octanol–water partition coefficient (Wildman–Crippen LogP) is 1.41. The van der Waals surface area contributed by atoms with E-state index >= 15 is 0 Å². The molecular weight excluding hydrogens is 284 g/mol. The van der Waals surface area contributed by atoms with Crippen LogP contribution in [0.3, 0.4) is 0 Å². The van der Waals surface area contributed by atoms with E-state index in [1.54, 1.807) is 0 Å². The number of rotatable bonds is 6. The van der Waals surface area contributed by atoms with E-state index in [4.69, 9.17) is 9.26 Å². The lowest BCUT2D eigenvalue weighted by Gasteiger charge is -2.30. The van der Waals surface area contributed by atoms with Gasteiger partial charge in [-0.15, -0.1) is 0 Å². The summed E-state index contributed by atoms with van der Waals surface area (Å²) in [5.41, 5.74) is 0. The van der Waals surface area contributed by atoms with E-state index < -0.39 is 0 Å². The van der Waals surface area contributed by atoms with E-state index in [2.05, 4.69) is 37.1 Å². The largest absolute Gasteiger partial charge is 0.367 e. The third kappa shape index (κ3) is 3.69. The van der Waals surface area contributed by atoms with E-state index in [1.807, 2.05) is 6.92 Å². The molecule has 120 valence electrons. The highest BCUT2D eigenvalue weighted by molar-refractivity contribution is 4.96. The van der Waals surface area contributed by atoms with Gasteiger partial charge in [0.1, 0.15) is 11.9 Å². The number of aromatic amines is 1. The number of hydrogen-bond acceptors (Lipinski definition) is 7. The standard InChI is InChI=1S/C14H22N6O2/c1-3-4-5-13-16-12(19-22-13)9-20-6-7-21-11(8-20)14-15-10(2)17-18-14/h11H,3-9H2,1-2H3,(H,15,17,18)/t11-/m1/s1. The number of nitrogens with zero attached hydrogens (tertiary/aromatic N) is 5. The molecule has 0 spiro atoms. The Balaban J connectivity index is 1.57. The Labute approximate surface area is 129 Å². The van der Waals surface area contributed by atoms with Gasteiger partial charge >= 0.3 is 0 Å². The fraction of sp³-hybridized carbons (Fsp3) is 0.714. The zero-order valence-corrected chi connectivity index (χ0v) is 13.1. The van der Waals surface area contributed by atoms with Crippen LogP contribution in [0.4, 0.5) is 0 Å². The molecule has 0 saturated carbocycles. The fourth-order valence-corrected chi connectivity index (χ4v) is 2.49. The topological polar surface area (TPSA) is 93.0 Å². The molecule has 3 rings (SSSR count). The summed E-state index contributed by atoms with van der Waals surface area (Å²) < 4.78 is 11.0. The summed E-state index contributed by atoms with van der Waals surface area (Å²) in [6.07, 6.45) is 2.95. The minimum atomic E-state index is -0.106. The number of hydrogen-bond donors (Lipinski definition) is 1. The van der Waals surface area contributed by atoms with Gasteiger partial charge in [0.05, 0.1) is 13.2 Å². The first kappa shape index (κ1) is 15.1. The number of aryl methyl sites for hydroxylation is 2. The van der Waals surface area contributed by atoms with Gasteiger partial charge in [-0.2, -0.15) is 10.1 Å². The first-order valence-corrected chi connectivity index (χ1v) is 7.79. The molecule has 0 bridgehead atoms. The van der Waals surface area contributed by atoms with Crippen molar-refractivity contribution in [1.29, 1.82) is 0 Å². The lowest BCUT2D eigenvalue weighted by Crippen LogP contribution is -2.38. The second-order valence-corrected chi connectivity index (χ2v) is 5.58. The number of aromatic nitrogens is 5. The highest BCUT2D eigenvalue weighted by Crippen LogP contribution is 2.20. The molecule has 3 heterocycles. The first-order valence-electron chi connectivity index (χ1n) is 7.79. The van der Waals surface area contributed by atoms with Gasteiger partial charge in [0.2, 0.25) is 5.89 Å². The number of unbranched alkanes of at least 4 members (excludes halogenated alkanes) is 1. The summed E-state index contributed by atoms with van der Waals surface area (Å²) in [6.45, 7) is 6.93. The third-order valence-electron chi connectivity index (χ3n) is 3.67. The van der Waals surface area contributed by atoms with Crippen molar-refractivity contribution in [3.8, 4) is 0 Å². The maximum absolute atomic E-state index is 5.75. The van der Waals surface area contributed by atoms with Gasteiger partial charge in [0.25, 0.3) is 0 Å². The Morgan fingerprint density at radius 1 is 1.36 bits per heavy atom. The van der Waals surface area contributed by atoms with Crippen molar-refractivity contribution in [2.75, 3.05) is 19.7 Å². The Kier molecular flexibility index (Phi) is 4.79. The summed E-state index contributed by atoms with van der Waals surface area (Å²) in [6, 6.07) is 0. The number of H-pyrrole nitrogens is 1. The van der Waals surface area contributed by atoms with Gasteiger partial charge in [0, 0.05) is 19.5 Å². The Morgan fingerprint density at radius 2 is 2.27 bits per heavy atom. The molecule has 1 fully saturated rings. The Bertz CT molecular complexity index is 596. The van der Waals surface area contributed by atoms with Gasteiger partial charge in [-0.1, -0.05) is 18.5 Å². The minimum absolute atomic E-state index is 0.106. The third-order valence-corrected chi connectivity index (χ3v) is 3.67. The van der Waals surface area contributed by atoms with E-state index in [0.29, 0.717) is 19.0 Å². The molecule has 1 N–H and O–H groups in total. The Morgan fingerprint density at radius 3 is 3.05 bits per heavy atom. The van der Waals surface area contributed by atoms with Crippen molar-refractivity contribution >= 4 is 0 Å². The lowest BCUT2D eigenvalue weighted by molar-refractivity contribution is -0.0379. The second kappa shape index (κ2) is 6.97. The van der Waals surface area contributed by atoms with Gasteiger partial charge in [-0.05, 0) is 13.3 Å². The zero-order chi connectivity index (χ0) is 15.4. The van der Waals surface area contributed by atoms with Crippen molar-refractivity contribution in [2.24, 2.45) is 0 Å². The van der Waals surface area contributed by atoms with Gasteiger partial charge < -0.3 is 9.26 Å².